The van der Waals surface area contributed by atoms with Crippen molar-refractivity contribution in [2.45, 2.75) is 12.3 Å². The van der Waals surface area contributed by atoms with E-state index in [0.29, 0.717) is 5.56 Å². The SMILES string of the molecule is CS(=O)(=O)N(NC(=O)C(c1ccccc1)C(C/C=C/c1ccccc1)C(=O)O)c1ccccc1. The van der Waals surface area contributed by atoms with Crippen LogP contribution in [-0.2, 0) is 19.6 Å². The fourth-order valence-electron chi connectivity index (χ4n) is 3.59. The molecule has 176 valence electrons. The minimum absolute atomic E-state index is 0.0709. The topological polar surface area (TPSA) is 104 Å². The van der Waals surface area contributed by atoms with Gasteiger partial charge in [-0.1, -0.05) is 91.0 Å². The first-order valence-electron chi connectivity index (χ1n) is 10.6. The zero-order chi connectivity index (χ0) is 24.6. The molecule has 0 bridgehead atoms. The quantitative estimate of drug-likeness (QED) is 0.428. The molecule has 2 atom stereocenters. The monoisotopic (exact) mass is 478 g/mol. The lowest BCUT2D eigenvalue weighted by atomic mass is 9.83. The standard InChI is InChI=1S/C26H26N2O5S/c1-34(32,33)28(22-17-9-4-10-18-22)27-25(29)24(21-15-7-3-8-16-21)23(26(30)31)19-11-14-20-12-5-2-6-13-20/h2-18,23-24H,19H2,1H3,(H,27,29)(H,30,31)/b14-11+. The number of carbonyl (C=O) groups is 2. The van der Waals surface area contributed by atoms with Crippen molar-refractivity contribution in [2.75, 3.05) is 10.7 Å². The number of carbonyl (C=O) groups excluding carboxylic acids is 1. The van der Waals surface area contributed by atoms with Crippen LogP contribution in [0.2, 0.25) is 0 Å². The van der Waals surface area contributed by atoms with Crippen LogP contribution in [0, 0.1) is 5.92 Å². The second-order valence-electron chi connectivity index (χ2n) is 7.72. The molecular formula is C26H26N2O5S. The van der Waals surface area contributed by atoms with Crippen LogP contribution in [0.1, 0.15) is 23.5 Å². The number of carboxylic acid groups (broad SMARTS) is 1. The zero-order valence-corrected chi connectivity index (χ0v) is 19.4. The Morgan fingerprint density at radius 2 is 1.44 bits per heavy atom. The molecule has 34 heavy (non-hydrogen) atoms. The number of hydrogen-bond donors (Lipinski definition) is 2. The van der Waals surface area contributed by atoms with Gasteiger partial charge in [0.25, 0.3) is 0 Å². The Kier molecular flexibility index (Phi) is 8.21. The van der Waals surface area contributed by atoms with Gasteiger partial charge in [0.15, 0.2) is 0 Å². The van der Waals surface area contributed by atoms with Crippen LogP contribution in [0.3, 0.4) is 0 Å². The summed E-state index contributed by atoms with van der Waals surface area (Å²) in [6.07, 6.45) is 4.54. The Balaban J connectivity index is 1.94. The van der Waals surface area contributed by atoms with Crippen molar-refractivity contribution < 1.29 is 23.1 Å². The predicted molar refractivity (Wildman–Crippen MR) is 132 cm³/mol. The number of nitrogens with zero attached hydrogens (tertiary/aromatic N) is 1. The Hall–Kier alpha value is -3.91. The summed E-state index contributed by atoms with van der Waals surface area (Å²) in [7, 11) is -3.89. The van der Waals surface area contributed by atoms with Gasteiger partial charge in [0.1, 0.15) is 0 Å². The molecule has 0 aliphatic carbocycles. The highest BCUT2D eigenvalue weighted by molar-refractivity contribution is 7.92. The molecule has 0 aliphatic rings. The number of amides is 1. The molecule has 0 radical (unpaired) electrons. The first-order valence-corrected chi connectivity index (χ1v) is 12.5. The number of hydrogen-bond acceptors (Lipinski definition) is 4. The summed E-state index contributed by atoms with van der Waals surface area (Å²) in [6.45, 7) is 0. The summed E-state index contributed by atoms with van der Waals surface area (Å²) in [5.41, 5.74) is 4.05. The summed E-state index contributed by atoms with van der Waals surface area (Å²) >= 11 is 0. The van der Waals surface area contributed by atoms with Crippen LogP contribution in [0.5, 0.6) is 0 Å². The van der Waals surface area contributed by atoms with Crippen LogP contribution in [0.15, 0.2) is 97.1 Å². The molecule has 0 saturated heterocycles. The fourth-order valence-corrected chi connectivity index (χ4v) is 4.35. The van der Waals surface area contributed by atoms with E-state index in [2.05, 4.69) is 5.43 Å². The van der Waals surface area contributed by atoms with Gasteiger partial charge in [-0.05, 0) is 29.7 Å². The maximum atomic E-state index is 13.4. The van der Waals surface area contributed by atoms with Crippen LogP contribution in [0.4, 0.5) is 5.69 Å². The number of carboxylic acids is 1. The Morgan fingerprint density at radius 1 is 0.912 bits per heavy atom. The van der Waals surface area contributed by atoms with Gasteiger partial charge >= 0.3 is 5.97 Å². The first-order chi connectivity index (χ1) is 16.3. The van der Waals surface area contributed by atoms with Crippen LogP contribution >= 0.6 is 0 Å². The van der Waals surface area contributed by atoms with Crippen LogP contribution in [-0.4, -0.2) is 31.7 Å². The van der Waals surface area contributed by atoms with Crippen molar-refractivity contribution >= 4 is 33.7 Å². The number of anilines is 1. The van der Waals surface area contributed by atoms with E-state index < -0.39 is 33.7 Å². The van der Waals surface area contributed by atoms with Gasteiger partial charge in [0, 0.05) is 0 Å². The summed E-state index contributed by atoms with van der Waals surface area (Å²) in [6, 6.07) is 26.0. The average molecular weight is 479 g/mol. The van der Waals surface area contributed by atoms with Crippen molar-refractivity contribution in [3.8, 4) is 0 Å². The molecule has 0 aliphatic heterocycles. The predicted octanol–water partition coefficient (Wildman–Crippen LogP) is 4.07. The van der Waals surface area contributed by atoms with E-state index in [-0.39, 0.29) is 12.1 Å². The van der Waals surface area contributed by atoms with E-state index in [1.807, 2.05) is 30.3 Å². The van der Waals surface area contributed by atoms with Gasteiger partial charge in [0.05, 0.1) is 23.8 Å². The Morgan fingerprint density at radius 3 is 1.97 bits per heavy atom. The molecule has 3 aromatic rings. The normalized spacial score (nSPS) is 13.2. The molecule has 0 spiro atoms. The number of para-hydroxylation sites is 1. The molecule has 0 heterocycles. The average Bonchev–Trinajstić information content (AvgIpc) is 2.83. The summed E-state index contributed by atoms with van der Waals surface area (Å²) in [4.78, 5) is 25.7. The van der Waals surface area contributed by atoms with Gasteiger partial charge in [0.2, 0.25) is 15.9 Å². The minimum atomic E-state index is -3.89. The highest BCUT2D eigenvalue weighted by Gasteiger charge is 2.36. The van der Waals surface area contributed by atoms with E-state index in [0.717, 1.165) is 16.2 Å². The Bertz CT molecular complexity index is 1230. The number of benzene rings is 3. The van der Waals surface area contributed by atoms with Crippen molar-refractivity contribution in [1.29, 1.82) is 0 Å². The second-order valence-corrected chi connectivity index (χ2v) is 9.55. The van der Waals surface area contributed by atoms with E-state index >= 15 is 0 Å². The van der Waals surface area contributed by atoms with E-state index in [1.165, 1.54) is 12.1 Å². The van der Waals surface area contributed by atoms with Crippen molar-refractivity contribution in [3.05, 3.63) is 108 Å². The minimum Gasteiger partial charge on any atom is -0.481 e. The fraction of sp³-hybridized carbons (Fsp3) is 0.154. The van der Waals surface area contributed by atoms with Gasteiger partial charge in [-0.2, -0.15) is 4.41 Å². The second kappa shape index (κ2) is 11.3. The molecular weight excluding hydrogens is 452 g/mol. The van der Waals surface area contributed by atoms with Gasteiger partial charge in [-0.3, -0.25) is 15.0 Å². The maximum Gasteiger partial charge on any atom is 0.307 e. The van der Waals surface area contributed by atoms with Gasteiger partial charge in [-0.15, -0.1) is 0 Å². The third-order valence-electron chi connectivity index (χ3n) is 5.19. The number of sulfonamides is 1. The number of aliphatic carboxylic acids is 1. The number of allylic oxidation sites excluding steroid dienone is 1. The smallest absolute Gasteiger partial charge is 0.307 e. The van der Waals surface area contributed by atoms with Crippen LogP contribution < -0.4 is 9.84 Å². The number of rotatable bonds is 10. The zero-order valence-electron chi connectivity index (χ0n) is 18.6. The van der Waals surface area contributed by atoms with Crippen molar-refractivity contribution in [3.63, 3.8) is 0 Å². The van der Waals surface area contributed by atoms with E-state index in [4.69, 9.17) is 0 Å². The van der Waals surface area contributed by atoms with Crippen molar-refractivity contribution in [1.82, 2.24) is 5.43 Å². The lowest BCUT2D eigenvalue weighted by molar-refractivity contribution is -0.145. The number of hydrazine groups is 1. The van der Waals surface area contributed by atoms with Gasteiger partial charge in [-0.25, -0.2) is 8.42 Å². The highest BCUT2D eigenvalue weighted by atomic mass is 32.2. The summed E-state index contributed by atoms with van der Waals surface area (Å²) in [5.74, 6) is -4.15. The van der Waals surface area contributed by atoms with E-state index in [9.17, 15) is 23.1 Å². The Labute approximate surface area is 199 Å². The third-order valence-corrected chi connectivity index (χ3v) is 6.16. The maximum absolute atomic E-state index is 13.4. The molecule has 8 heteroatoms. The molecule has 3 aromatic carbocycles. The molecule has 0 aromatic heterocycles. The highest BCUT2D eigenvalue weighted by Crippen LogP contribution is 2.29. The van der Waals surface area contributed by atoms with E-state index in [1.54, 1.807) is 60.7 Å². The molecule has 7 nitrogen and oxygen atoms in total. The molecule has 0 fully saturated rings. The molecule has 2 unspecified atom stereocenters. The van der Waals surface area contributed by atoms with Crippen molar-refractivity contribution in [2.24, 2.45) is 5.92 Å². The largest absolute Gasteiger partial charge is 0.481 e. The lowest BCUT2D eigenvalue weighted by Crippen LogP contribution is -2.49. The molecule has 1 amide bonds. The van der Waals surface area contributed by atoms with Crippen LogP contribution in [0.25, 0.3) is 6.08 Å². The van der Waals surface area contributed by atoms with Gasteiger partial charge < -0.3 is 5.11 Å². The summed E-state index contributed by atoms with van der Waals surface area (Å²) < 4.78 is 25.7. The third kappa shape index (κ3) is 6.55. The summed E-state index contributed by atoms with van der Waals surface area (Å²) in [5, 5.41) is 10.0. The number of nitrogens with one attached hydrogen (secondary N) is 1. The molecule has 3 rings (SSSR count). The molecule has 0 saturated carbocycles. The lowest BCUT2D eigenvalue weighted by Gasteiger charge is -2.28. The molecule has 2 N–H and O–H groups in total. The first kappa shape index (κ1) is 24.7.